The third kappa shape index (κ3) is 3.14. The summed E-state index contributed by atoms with van der Waals surface area (Å²) in [5.41, 5.74) is 0.674. The lowest BCUT2D eigenvalue weighted by atomic mass is 10.1. The molecule has 4 heteroatoms. The number of rotatable bonds is 4. The lowest BCUT2D eigenvalue weighted by molar-refractivity contribution is -0.145. The third-order valence-corrected chi connectivity index (χ3v) is 1.76. The van der Waals surface area contributed by atoms with Crippen molar-refractivity contribution in [2.24, 2.45) is 0 Å². The molecule has 0 aliphatic carbocycles. The van der Waals surface area contributed by atoms with E-state index in [1.54, 1.807) is 31.5 Å². The third-order valence-electron chi connectivity index (χ3n) is 1.76. The minimum absolute atomic E-state index is 0.0160. The largest absolute Gasteiger partial charge is 0.466 e. The Kier molecular flexibility index (Phi) is 4.07. The van der Waals surface area contributed by atoms with Crippen LogP contribution in [0, 0.1) is 0 Å². The molecule has 1 atom stereocenters. The molecule has 0 aliphatic rings. The molecule has 4 nitrogen and oxygen atoms in total. The quantitative estimate of drug-likeness (QED) is 0.730. The maximum Gasteiger partial charge on any atom is 0.308 e. The minimum Gasteiger partial charge on any atom is -0.466 e. The van der Waals surface area contributed by atoms with E-state index in [4.69, 9.17) is 4.74 Å². The van der Waals surface area contributed by atoms with Crippen LogP contribution in [-0.2, 0) is 9.53 Å². The normalized spacial score (nSPS) is 12.1. The molecule has 1 aromatic heterocycles. The number of carbonyl (C=O) groups excluding carboxylic acids is 1. The van der Waals surface area contributed by atoms with Crippen LogP contribution in [0.15, 0.2) is 24.5 Å². The first-order valence-corrected chi connectivity index (χ1v) is 4.47. The summed E-state index contributed by atoms with van der Waals surface area (Å²) in [4.78, 5) is 14.8. The molecule has 0 saturated carbocycles. The van der Waals surface area contributed by atoms with Crippen molar-refractivity contribution in [3.8, 4) is 0 Å². The van der Waals surface area contributed by atoms with E-state index < -0.39 is 12.1 Å². The molecule has 1 N–H and O–H groups in total. The van der Waals surface area contributed by atoms with E-state index in [9.17, 15) is 9.90 Å². The fraction of sp³-hybridized carbons (Fsp3) is 0.400. The summed E-state index contributed by atoms with van der Waals surface area (Å²) in [6.07, 6.45) is 2.32. The van der Waals surface area contributed by atoms with Crippen LogP contribution < -0.4 is 0 Å². The molecular formula is C10H13NO3. The zero-order chi connectivity index (χ0) is 10.4. The van der Waals surface area contributed by atoms with Crippen LogP contribution in [0.25, 0.3) is 0 Å². The van der Waals surface area contributed by atoms with Crippen molar-refractivity contribution >= 4 is 5.97 Å². The van der Waals surface area contributed by atoms with Crippen molar-refractivity contribution in [3.63, 3.8) is 0 Å². The van der Waals surface area contributed by atoms with E-state index in [1.807, 2.05) is 0 Å². The molecule has 14 heavy (non-hydrogen) atoms. The summed E-state index contributed by atoms with van der Waals surface area (Å²) < 4.78 is 4.72. The zero-order valence-electron chi connectivity index (χ0n) is 8.01. The average molecular weight is 195 g/mol. The number of aliphatic hydroxyl groups is 1. The fourth-order valence-electron chi connectivity index (χ4n) is 1.08. The zero-order valence-corrected chi connectivity index (χ0v) is 8.01. The van der Waals surface area contributed by atoms with Gasteiger partial charge >= 0.3 is 5.97 Å². The molecule has 0 spiro atoms. The predicted molar refractivity (Wildman–Crippen MR) is 50.4 cm³/mol. The highest BCUT2D eigenvalue weighted by atomic mass is 16.5. The van der Waals surface area contributed by atoms with Gasteiger partial charge in [0.1, 0.15) is 0 Å². The maximum atomic E-state index is 11.0. The fourth-order valence-corrected chi connectivity index (χ4v) is 1.08. The summed E-state index contributed by atoms with van der Waals surface area (Å²) >= 11 is 0. The first-order chi connectivity index (χ1) is 6.74. The molecule has 76 valence electrons. The van der Waals surface area contributed by atoms with Gasteiger partial charge in [-0.2, -0.15) is 0 Å². The molecule has 0 radical (unpaired) electrons. The summed E-state index contributed by atoms with van der Waals surface area (Å²) in [5.74, 6) is -0.392. The Labute approximate surface area is 82.5 Å². The number of carbonyl (C=O) groups is 1. The van der Waals surface area contributed by atoms with Crippen molar-refractivity contribution in [2.75, 3.05) is 6.61 Å². The molecule has 1 rings (SSSR count). The van der Waals surface area contributed by atoms with Crippen LogP contribution in [-0.4, -0.2) is 22.7 Å². The number of nitrogens with zero attached hydrogens (tertiary/aromatic N) is 1. The smallest absolute Gasteiger partial charge is 0.308 e. The van der Waals surface area contributed by atoms with Gasteiger partial charge in [0, 0.05) is 12.4 Å². The standard InChI is InChI=1S/C10H13NO3/c1-2-14-10(13)7-9(12)8-3-5-11-6-4-8/h3-6,9,12H,2,7H2,1H3/t9-/m1/s1. The van der Waals surface area contributed by atoms with E-state index in [2.05, 4.69) is 4.98 Å². The van der Waals surface area contributed by atoms with Crippen molar-refractivity contribution in [2.45, 2.75) is 19.4 Å². The van der Waals surface area contributed by atoms with Gasteiger partial charge in [0.25, 0.3) is 0 Å². The second kappa shape index (κ2) is 5.34. The molecule has 0 aromatic carbocycles. The Hall–Kier alpha value is -1.42. The highest BCUT2D eigenvalue weighted by Gasteiger charge is 2.12. The van der Waals surface area contributed by atoms with E-state index in [0.29, 0.717) is 12.2 Å². The molecule has 0 unspecified atom stereocenters. The van der Waals surface area contributed by atoms with E-state index in [0.717, 1.165) is 0 Å². The Morgan fingerprint density at radius 2 is 2.21 bits per heavy atom. The van der Waals surface area contributed by atoms with Crippen molar-refractivity contribution < 1.29 is 14.6 Å². The van der Waals surface area contributed by atoms with Gasteiger partial charge in [-0.3, -0.25) is 9.78 Å². The second-order valence-corrected chi connectivity index (χ2v) is 2.81. The van der Waals surface area contributed by atoms with Crippen LogP contribution in [0.5, 0.6) is 0 Å². The number of pyridine rings is 1. The van der Waals surface area contributed by atoms with Crippen molar-refractivity contribution in [1.29, 1.82) is 0 Å². The van der Waals surface area contributed by atoms with E-state index >= 15 is 0 Å². The van der Waals surface area contributed by atoms with Crippen LogP contribution in [0.2, 0.25) is 0 Å². The molecule has 0 fully saturated rings. The Morgan fingerprint density at radius 3 is 2.79 bits per heavy atom. The topological polar surface area (TPSA) is 59.4 Å². The number of esters is 1. The number of hydrogen-bond donors (Lipinski definition) is 1. The van der Waals surface area contributed by atoms with E-state index in [-0.39, 0.29) is 6.42 Å². The molecule has 0 aliphatic heterocycles. The lowest BCUT2D eigenvalue weighted by Crippen LogP contribution is -2.09. The summed E-state index contributed by atoms with van der Waals surface area (Å²) in [5, 5.41) is 9.59. The summed E-state index contributed by atoms with van der Waals surface area (Å²) in [6, 6.07) is 3.34. The van der Waals surface area contributed by atoms with Crippen molar-refractivity contribution in [3.05, 3.63) is 30.1 Å². The number of ether oxygens (including phenoxy) is 1. The Balaban J connectivity index is 2.50. The number of aromatic nitrogens is 1. The molecule has 0 bridgehead atoms. The predicted octanol–water partition coefficient (Wildman–Crippen LogP) is 1.07. The molecule has 0 saturated heterocycles. The van der Waals surface area contributed by atoms with Crippen LogP contribution in [0.3, 0.4) is 0 Å². The number of hydrogen-bond acceptors (Lipinski definition) is 4. The average Bonchev–Trinajstić information content (AvgIpc) is 2.19. The molecule has 0 amide bonds. The Bertz CT molecular complexity index is 287. The van der Waals surface area contributed by atoms with Crippen LogP contribution >= 0.6 is 0 Å². The molecule has 1 heterocycles. The molecule has 1 aromatic rings. The van der Waals surface area contributed by atoms with Gasteiger partial charge in [0.2, 0.25) is 0 Å². The second-order valence-electron chi connectivity index (χ2n) is 2.81. The van der Waals surface area contributed by atoms with Crippen LogP contribution in [0.1, 0.15) is 25.0 Å². The minimum atomic E-state index is -0.808. The van der Waals surface area contributed by atoms with Gasteiger partial charge in [0.15, 0.2) is 0 Å². The van der Waals surface area contributed by atoms with Gasteiger partial charge in [-0.25, -0.2) is 0 Å². The first-order valence-electron chi connectivity index (χ1n) is 4.47. The maximum absolute atomic E-state index is 11.0. The van der Waals surface area contributed by atoms with Gasteiger partial charge in [0.05, 0.1) is 19.1 Å². The van der Waals surface area contributed by atoms with Crippen LogP contribution in [0.4, 0.5) is 0 Å². The monoisotopic (exact) mass is 195 g/mol. The SMILES string of the molecule is CCOC(=O)C[C@@H](O)c1ccncc1. The summed E-state index contributed by atoms with van der Waals surface area (Å²) in [7, 11) is 0. The highest BCUT2D eigenvalue weighted by molar-refractivity contribution is 5.70. The molecular weight excluding hydrogens is 182 g/mol. The van der Waals surface area contributed by atoms with Crippen molar-refractivity contribution in [1.82, 2.24) is 4.98 Å². The summed E-state index contributed by atoms with van der Waals surface area (Å²) in [6.45, 7) is 2.07. The van der Waals surface area contributed by atoms with Gasteiger partial charge in [-0.05, 0) is 24.6 Å². The van der Waals surface area contributed by atoms with Gasteiger partial charge in [-0.15, -0.1) is 0 Å². The first kappa shape index (κ1) is 10.7. The Morgan fingerprint density at radius 1 is 1.57 bits per heavy atom. The van der Waals surface area contributed by atoms with E-state index in [1.165, 1.54) is 0 Å². The lowest BCUT2D eigenvalue weighted by Gasteiger charge is -2.09. The number of aliphatic hydroxyl groups excluding tert-OH is 1. The highest BCUT2D eigenvalue weighted by Crippen LogP contribution is 2.15. The van der Waals surface area contributed by atoms with Gasteiger partial charge < -0.3 is 9.84 Å². The van der Waals surface area contributed by atoms with Gasteiger partial charge in [-0.1, -0.05) is 0 Å².